The lowest BCUT2D eigenvalue weighted by Crippen LogP contribution is -2.64. The van der Waals surface area contributed by atoms with Crippen molar-refractivity contribution in [2.75, 3.05) is 45.8 Å². The average molecular weight is 414 g/mol. The van der Waals surface area contributed by atoms with Crippen LogP contribution >= 0.6 is 0 Å². The van der Waals surface area contributed by atoms with Gasteiger partial charge < -0.3 is 14.7 Å². The van der Waals surface area contributed by atoms with E-state index in [1.165, 1.54) is 4.31 Å². The van der Waals surface area contributed by atoms with Crippen molar-refractivity contribution in [3.63, 3.8) is 0 Å². The van der Waals surface area contributed by atoms with Crippen molar-refractivity contribution in [1.82, 2.24) is 24.6 Å². The summed E-state index contributed by atoms with van der Waals surface area (Å²) in [5.41, 5.74) is -0.413. The van der Waals surface area contributed by atoms with Crippen molar-refractivity contribution in [2.45, 2.75) is 38.1 Å². The van der Waals surface area contributed by atoms with Gasteiger partial charge in [-0.15, -0.1) is 0 Å². The van der Waals surface area contributed by atoms with Crippen LogP contribution < -0.4 is 5.32 Å². The highest BCUT2D eigenvalue weighted by atomic mass is 32.2. The third-order valence-corrected chi connectivity index (χ3v) is 7.64. The molecular formula is C17H27N5O5S. The zero-order valence-corrected chi connectivity index (χ0v) is 17.5. The van der Waals surface area contributed by atoms with Crippen LogP contribution in [-0.2, 0) is 19.6 Å². The molecule has 2 aliphatic rings. The first kappa shape index (κ1) is 20.7. The van der Waals surface area contributed by atoms with Gasteiger partial charge in [0, 0.05) is 39.3 Å². The van der Waals surface area contributed by atoms with Crippen LogP contribution in [0.5, 0.6) is 0 Å². The molecule has 1 N–H and O–H groups in total. The fourth-order valence-corrected chi connectivity index (χ4v) is 5.35. The van der Waals surface area contributed by atoms with E-state index in [9.17, 15) is 18.0 Å². The lowest BCUT2D eigenvalue weighted by molar-refractivity contribution is -0.141. The van der Waals surface area contributed by atoms with Gasteiger partial charge in [-0.1, -0.05) is 5.16 Å². The van der Waals surface area contributed by atoms with Crippen molar-refractivity contribution < 1.29 is 22.5 Å². The van der Waals surface area contributed by atoms with E-state index in [2.05, 4.69) is 10.5 Å². The van der Waals surface area contributed by atoms with E-state index in [1.807, 2.05) is 4.90 Å². The summed E-state index contributed by atoms with van der Waals surface area (Å²) in [5, 5.41) is 6.53. The maximum atomic E-state index is 12.9. The van der Waals surface area contributed by atoms with E-state index in [-0.39, 0.29) is 42.1 Å². The Bertz CT molecular complexity index is 851. The third-order valence-electron chi connectivity index (χ3n) is 5.50. The lowest BCUT2D eigenvalue weighted by Gasteiger charge is -2.42. The summed E-state index contributed by atoms with van der Waals surface area (Å²) in [4.78, 5) is 28.4. The molecule has 2 fully saturated rings. The van der Waals surface area contributed by atoms with Gasteiger partial charge in [0.05, 0.1) is 12.1 Å². The van der Waals surface area contributed by atoms with Gasteiger partial charge in [0.1, 0.15) is 10.6 Å². The summed E-state index contributed by atoms with van der Waals surface area (Å²) < 4.78 is 32.1. The smallest absolute Gasteiger partial charge is 0.248 e. The number of nitrogens with one attached hydrogen (secondary N) is 1. The van der Waals surface area contributed by atoms with Crippen LogP contribution in [0.15, 0.2) is 9.42 Å². The van der Waals surface area contributed by atoms with Crippen LogP contribution in [0.2, 0.25) is 0 Å². The number of nitrogens with zero attached hydrogens (tertiary/aromatic N) is 4. The average Bonchev–Trinajstić information content (AvgIpc) is 2.98. The Morgan fingerprint density at radius 1 is 1.18 bits per heavy atom. The Morgan fingerprint density at radius 2 is 1.82 bits per heavy atom. The second-order valence-electron chi connectivity index (χ2n) is 7.67. The molecular weight excluding hydrogens is 386 g/mol. The molecule has 0 aliphatic carbocycles. The van der Waals surface area contributed by atoms with Gasteiger partial charge in [0.25, 0.3) is 0 Å². The third kappa shape index (κ3) is 3.65. The summed E-state index contributed by atoms with van der Waals surface area (Å²) in [6.07, 6.45) is 0. The Labute approximate surface area is 164 Å². The van der Waals surface area contributed by atoms with Crippen LogP contribution in [0.4, 0.5) is 0 Å². The minimum absolute atomic E-state index is 0.0954. The van der Waals surface area contributed by atoms with Crippen LogP contribution in [-0.4, -0.2) is 90.8 Å². The number of amides is 2. The quantitative estimate of drug-likeness (QED) is 0.696. The van der Waals surface area contributed by atoms with Crippen molar-refractivity contribution in [3.05, 3.63) is 11.5 Å². The molecule has 3 rings (SSSR count). The first-order chi connectivity index (χ1) is 13.0. The number of piperazine rings is 2. The molecule has 156 valence electrons. The van der Waals surface area contributed by atoms with Gasteiger partial charge in [-0.05, 0) is 27.7 Å². The molecule has 0 bridgehead atoms. The van der Waals surface area contributed by atoms with E-state index in [0.29, 0.717) is 31.9 Å². The molecule has 0 aromatic carbocycles. The maximum Gasteiger partial charge on any atom is 0.248 e. The molecule has 2 saturated heterocycles. The van der Waals surface area contributed by atoms with Gasteiger partial charge in [-0.3, -0.25) is 14.5 Å². The van der Waals surface area contributed by atoms with Gasteiger partial charge >= 0.3 is 0 Å². The Morgan fingerprint density at radius 3 is 2.39 bits per heavy atom. The number of rotatable bonds is 4. The second kappa shape index (κ2) is 7.45. The number of carbonyl (C=O) groups is 2. The molecule has 2 aliphatic heterocycles. The zero-order chi connectivity index (χ0) is 20.7. The molecule has 0 unspecified atom stereocenters. The Balaban J connectivity index is 1.62. The highest BCUT2D eigenvalue weighted by Gasteiger charge is 2.40. The van der Waals surface area contributed by atoms with Crippen LogP contribution in [0, 0.1) is 13.8 Å². The second-order valence-corrected chi connectivity index (χ2v) is 9.55. The fourth-order valence-electron chi connectivity index (χ4n) is 3.63. The molecule has 28 heavy (non-hydrogen) atoms. The summed E-state index contributed by atoms with van der Waals surface area (Å²) in [7, 11) is -3.71. The number of sulfonamides is 1. The van der Waals surface area contributed by atoms with Gasteiger partial charge in [-0.25, -0.2) is 8.42 Å². The Kier molecular flexibility index (Phi) is 5.52. The normalized spacial score (nSPS) is 21.6. The Hall–Kier alpha value is -1.98. The molecule has 1 aromatic heterocycles. The topological polar surface area (TPSA) is 116 Å². The molecule has 0 atom stereocenters. The summed E-state index contributed by atoms with van der Waals surface area (Å²) in [6, 6.07) is 0. The molecule has 10 nitrogen and oxygen atoms in total. The number of aromatic nitrogens is 1. The molecule has 1 aromatic rings. The number of aryl methyl sites for hydroxylation is 2. The first-order valence-electron chi connectivity index (χ1n) is 9.29. The largest absolute Gasteiger partial charge is 0.360 e. The summed E-state index contributed by atoms with van der Waals surface area (Å²) in [5.74, 6) is 0.0701. The molecule has 0 radical (unpaired) electrons. The van der Waals surface area contributed by atoms with Crippen LogP contribution in [0.25, 0.3) is 0 Å². The van der Waals surface area contributed by atoms with Gasteiger partial charge in [-0.2, -0.15) is 4.31 Å². The monoisotopic (exact) mass is 413 g/mol. The van der Waals surface area contributed by atoms with Crippen molar-refractivity contribution >= 4 is 21.8 Å². The highest BCUT2D eigenvalue weighted by Crippen LogP contribution is 2.24. The number of carbonyl (C=O) groups excluding carboxylic acids is 2. The minimum Gasteiger partial charge on any atom is -0.360 e. The lowest BCUT2D eigenvalue weighted by atomic mass is 9.99. The number of hydrogen-bond donors (Lipinski definition) is 1. The van der Waals surface area contributed by atoms with Crippen molar-refractivity contribution in [3.8, 4) is 0 Å². The highest BCUT2D eigenvalue weighted by molar-refractivity contribution is 7.89. The fraction of sp³-hybridized carbons (Fsp3) is 0.706. The van der Waals surface area contributed by atoms with Crippen LogP contribution in [0.1, 0.15) is 25.3 Å². The SMILES string of the molecule is Cc1noc(C)c1S(=O)(=O)N1CCN(C(=O)CN2CCNC(=O)C2(C)C)CC1. The number of hydrogen-bond acceptors (Lipinski definition) is 7. The van der Waals surface area contributed by atoms with E-state index in [1.54, 1.807) is 32.6 Å². The minimum atomic E-state index is -3.71. The van der Waals surface area contributed by atoms with E-state index in [4.69, 9.17) is 4.52 Å². The van der Waals surface area contributed by atoms with E-state index in [0.717, 1.165) is 0 Å². The predicted molar refractivity (Wildman–Crippen MR) is 100.0 cm³/mol. The first-order valence-corrected chi connectivity index (χ1v) is 10.7. The molecule has 11 heteroatoms. The van der Waals surface area contributed by atoms with E-state index >= 15 is 0 Å². The van der Waals surface area contributed by atoms with E-state index < -0.39 is 15.6 Å². The predicted octanol–water partition coefficient (Wildman–Crippen LogP) is -0.665. The standard InChI is InChI=1S/C17H27N5O5S/c1-12-15(13(2)27-19-12)28(25,26)22-9-7-20(8-10-22)14(23)11-21-6-5-18-16(24)17(21,3)4/h5-11H2,1-4H3,(H,18,24). The van der Waals surface area contributed by atoms with Gasteiger partial charge in [0.2, 0.25) is 21.8 Å². The zero-order valence-electron chi connectivity index (χ0n) is 16.7. The molecule has 0 saturated carbocycles. The summed E-state index contributed by atoms with van der Waals surface area (Å²) >= 11 is 0. The van der Waals surface area contributed by atoms with Crippen molar-refractivity contribution in [2.24, 2.45) is 0 Å². The van der Waals surface area contributed by atoms with Crippen molar-refractivity contribution in [1.29, 1.82) is 0 Å². The molecule has 3 heterocycles. The maximum absolute atomic E-state index is 12.9. The molecule has 0 spiro atoms. The van der Waals surface area contributed by atoms with Crippen LogP contribution in [0.3, 0.4) is 0 Å². The summed E-state index contributed by atoms with van der Waals surface area (Å²) in [6.45, 7) is 9.05. The van der Waals surface area contributed by atoms with Gasteiger partial charge in [0.15, 0.2) is 5.76 Å². The molecule has 2 amide bonds.